The van der Waals surface area contributed by atoms with Gasteiger partial charge >= 0.3 is 0 Å². The minimum Gasteiger partial charge on any atom is -0.361 e. The minimum absolute atomic E-state index is 0.793. The Bertz CT molecular complexity index is 1060. The predicted molar refractivity (Wildman–Crippen MR) is 108 cm³/mol. The van der Waals surface area contributed by atoms with Crippen LogP contribution in [0, 0.1) is 20.8 Å². The largest absolute Gasteiger partial charge is 0.361 e. The second kappa shape index (κ2) is 7.26. The normalized spacial score (nSPS) is 11.0. The van der Waals surface area contributed by atoms with Crippen molar-refractivity contribution in [3.8, 4) is 16.8 Å². The van der Waals surface area contributed by atoms with E-state index in [1.165, 1.54) is 5.56 Å². The summed E-state index contributed by atoms with van der Waals surface area (Å²) in [5.74, 6) is 1.70. The molecular formula is C21H22N6O. The van der Waals surface area contributed by atoms with Gasteiger partial charge in [0.15, 0.2) is 0 Å². The topological polar surface area (TPSA) is 72.9 Å². The van der Waals surface area contributed by atoms with Crippen molar-refractivity contribution in [3.05, 3.63) is 65.9 Å². The SMILES string of the molecule is CCN(c1ccc(-n2ccnn2)cn1)c1cc(-c2c(C)noc2C)ccc1C. The van der Waals surface area contributed by atoms with Crippen molar-refractivity contribution >= 4 is 11.5 Å². The standard InChI is InChI=1S/C21H22N6O/c1-5-26(20-9-8-18(13-22-20)27-11-10-23-25-27)19-12-17(7-6-14(19)2)21-15(3)24-28-16(21)4/h6-13H,5H2,1-4H3. The van der Waals surface area contributed by atoms with E-state index in [2.05, 4.69) is 57.4 Å². The van der Waals surface area contributed by atoms with Gasteiger partial charge in [-0.2, -0.15) is 0 Å². The smallest absolute Gasteiger partial charge is 0.141 e. The van der Waals surface area contributed by atoms with Gasteiger partial charge in [0.1, 0.15) is 11.6 Å². The molecule has 0 radical (unpaired) electrons. The quantitative estimate of drug-likeness (QED) is 0.515. The molecular weight excluding hydrogens is 352 g/mol. The van der Waals surface area contributed by atoms with E-state index in [0.29, 0.717) is 0 Å². The van der Waals surface area contributed by atoms with Crippen LogP contribution in [-0.2, 0) is 0 Å². The second-order valence-electron chi connectivity index (χ2n) is 6.67. The molecule has 0 unspecified atom stereocenters. The Morgan fingerprint density at radius 3 is 2.57 bits per heavy atom. The van der Waals surface area contributed by atoms with E-state index in [-0.39, 0.29) is 0 Å². The van der Waals surface area contributed by atoms with Crippen LogP contribution >= 0.6 is 0 Å². The molecule has 4 aromatic rings. The van der Waals surface area contributed by atoms with Crippen LogP contribution in [0.2, 0.25) is 0 Å². The molecule has 7 heteroatoms. The van der Waals surface area contributed by atoms with Crippen molar-refractivity contribution in [1.29, 1.82) is 0 Å². The maximum Gasteiger partial charge on any atom is 0.141 e. The lowest BCUT2D eigenvalue weighted by atomic mass is 10.0. The molecule has 3 aromatic heterocycles. The van der Waals surface area contributed by atoms with Gasteiger partial charge in [-0.3, -0.25) is 0 Å². The lowest BCUT2D eigenvalue weighted by Gasteiger charge is -2.25. The number of rotatable bonds is 5. The number of benzene rings is 1. The number of anilines is 2. The Balaban J connectivity index is 1.73. The van der Waals surface area contributed by atoms with Crippen LogP contribution in [0.4, 0.5) is 11.5 Å². The summed E-state index contributed by atoms with van der Waals surface area (Å²) >= 11 is 0. The highest BCUT2D eigenvalue weighted by Gasteiger charge is 2.16. The highest BCUT2D eigenvalue weighted by molar-refractivity contribution is 5.75. The number of nitrogens with zero attached hydrogens (tertiary/aromatic N) is 6. The molecule has 0 saturated carbocycles. The van der Waals surface area contributed by atoms with Crippen molar-refractivity contribution in [2.45, 2.75) is 27.7 Å². The monoisotopic (exact) mass is 374 g/mol. The molecule has 0 aliphatic heterocycles. The molecule has 0 aliphatic rings. The molecule has 3 heterocycles. The van der Waals surface area contributed by atoms with Gasteiger partial charge in [-0.1, -0.05) is 22.5 Å². The first-order valence-electron chi connectivity index (χ1n) is 9.22. The Morgan fingerprint density at radius 2 is 1.96 bits per heavy atom. The van der Waals surface area contributed by atoms with E-state index in [1.807, 2.05) is 26.0 Å². The summed E-state index contributed by atoms with van der Waals surface area (Å²) in [4.78, 5) is 6.85. The average Bonchev–Trinajstić information content (AvgIpc) is 3.35. The first kappa shape index (κ1) is 17.9. The molecule has 0 atom stereocenters. The second-order valence-corrected chi connectivity index (χ2v) is 6.67. The maximum absolute atomic E-state index is 5.35. The Hall–Kier alpha value is -3.48. The molecule has 0 bridgehead atoms. The molecule has 0 fully saturated rings. The van der Waals surface area contributed by atoms with Crippen molar-refractivity contribution < 1.29 is 4.52 Å². The highest BCUT2D eigenvalue weighted by Crippen LogP contribution is 2.34. The van der Waals surface area contributed by atoms with Crippen LogP contribution in [0.25, 0.3) is 16.8 Å². The number of hydrogen-bond donors (Lipinski definition) is 0. The van der Waals surface area contributed by atoms with Gasteiger partial charge in [0.05, 0.1) is 30.0 Å². The molecule has 1 aromatic carbocycles. The number of aryl methyl sites for hydroxylation is 3. The number of pyridine rings is 1. The summed E-state index contributed by atoms with van der Waals surface area (Å²) in [6, 6.07) is 10.4. The van der Waals surface area contributed by atoms with Crippen molar-refractivity contribution in [1.82, 2.24) is 25.1 Å². The third-order valence-corrected chi connectivity index (χ3v) is 4.83. The fourth-order valence-electron chi connectivity index (χ4n) is 3.43. The van der Waals surface area contributed by atoms with Gasteiger partial charge in [0.2, 0.25) is 0 Å². The molecule has 142 valence electrons. The van der Waals surface area contributed by atoms with E-state index in [1.54, 1.807) is 23.3 Å². The molecule has 0 aliphatic carbocycles. The Morgan fingerprint density at radius 1 is 1.11 bits per heavy atom. The maximum atomic E-state index is 5.35. The highest BCUT2D eigenvalue weighted by atomic mass is 16.5. The van der Waals surface area contributed by atoms with Crippen molar-refractivity contribution in [2.24, 2.45) is 0 Å². The van der Waals surface area contributed by atoms with Gasteiger partial charge in [0.25, 0.3) is 0 Å². The molecule has 0 spiro atoms. The first-order valence-corrected chi connectivity index (χ1v) is 9.22. The van der Waals surface area contributed by atoms with Gasteiger partial charge in [-0.05, 0) is 57.0 Å². The Kier molecular flexibility index (Phi) is 4.65. The summed E-state index contributed by atoms with van der Waals surface area (Å²) in [6.45, 7) is 8.93. The average molecular weight is 374 g/mol. The Labute approximate surface area is 163 Å². The van der Waals surface area contributed by atoms with E-state index >= 15 is 0 Å². The molecule has 0 amide bonds. The minimum atomic E-state index is 0.793. The zero-order valence-electron chi connectivity index (χ0n) is 16.4. The van der Waals surface area contributed by atoms with Crippen molar-refractivity contribution in [2.75, 3.05) is 11.4 Å². The molecule has 28 heavy (non-hydrogen) atoms. The zero-order chi connectivity index (χ0) is 19.7. The number of hydrogen-bond acceptors (Lipinski definition) is 6. The fraction of sp³-hybridized carbons (Fsp3) is 0.238. The lowest BCUT2D eigenvalue weighted by Crippen LogP contribution is -2.18. The molecule has 0 saturated heterocycles. The van der Waals surface area contributed by atoms with E-state index < -0.39 is 0 Å². The summed E-state index contributed by atoms with van der Waals surface area (Å²) in [7, 11) is 0. The zero-order valence-corrected chi connectivity index (χ0v) is 16.4. The third kappa shape index (κ3) is 3.15. The molecule has 0 N–H and O–H groups in total. The van der Waals surface area contributed by atoms with Crippen LogP contribution in [0.15, 0.2) is 53.4 Å². The van der Waals surface area contributed by atoms with Crippen LogP contribution < -0.4 is 4.90 Å². The van der Waals surface area contributed by atoms with Crippen LogP contribution in [0.3, 0.4) is 0 Å². The third-order valence-electron chi connectivity index (χ3n) is 4.83. The number of aromatic nitrogens is 5. The summed E-state index contributed by atoms with van der Waals surface area (Å²) in [6.07, 6.45) is 5.25. The predicted octanol–water partition coefficient (Wildman–Crippen LogP) is 4.40. The van der Waals surface area contributed by atoms with Gasteiger partial charge in [0, 0.05) is 17.8 Å². The van der Waals surface area contributed by atoms with E-state index in [0.717, 1.165) is 46.3 Å². The van der Waals surface area contributed by atoms with Gasteiger partial charge in [-0.15, -0.1) is 5.10 Å². The van der Waals surface area contributed by atoms with Crippen LogP contribution in [0.5, 0.6) is 0 Å². The van der Waals surface area contributed by atoms with Crippen LogP contribution in [-0.4, -0.2) is 31.7 Å². The molecule has 4 rings (SSSR count). The van der Waals surface area contributed by atoms with E-state index in [9.17, 15) is 0 Å². The fourth-order valence-corrected chi connectivity index (χ4v) is 3.43. The molecule has 7 nitrogen and oxygen atoms in total. The lowest BCUT2D eigenvalue weighted by molar-refractivity contribution is 0.393. The first-order chi connectivity index (χ1) is 13.6. The van der Waals surface area contributed by atoms with E-state index in [4.69, 9.17) is 4.52 Å². The van der Waals surface area contributed by atoms with Gasteiger partial charge < -0.3 is 9.42 Å². The van der Waals surface area contributed by atoms with Gasteiger partial charge in [-0.25, -0.2) is 9.67 Å². The van der Waals surface area contributed by atoms with Crippen molar-refractivity contribution in [3.63, 3.8) is 0 Å². The summed E-state index contributed by atoms with van der Waals surface area (Å²) in [5.41, 5.74) is 6.20. The summed E-state index contributed by atoms with van der Waals surface area (Å²) < 4.78 is 7.04. The van der Waals surface area contributed by atoms with Crippen LogP contribution in [0.1, 0.15) is 23.9 Å². The summed E-state index contributed by atoms with van der Waals surface area (Å²) in [5, 5.41) is 11.9.